The van der Waals surface area contributed by atoms with Crippen molar-refractivity contribution in [3.05, 3.63) is 18.2 Å². The number of anilines is 1. The molecule has 0 spiro atoms. The van der Waals surface area contributed by atoms with Gasteiger partial charge in [-0.15, -0.1) is 0 Å². The van der Waals surface area contributed by atoms with Crippen LogP contribution >= 0.6 is 11.8 Å². The van der Waals surface area contributed by atoms with E-state index < -0.39 is 0 Å². The number of hydrogen-bond donors (Lipinski definition) is 1. The van der Waals surface area contributed by atoms with Crippen molar-refractivity contribution in [3.63, 3.8) is 0 Å². The van der Waals surface area contributed by atoms with Crippen LogP contribution in [0.3, 0.4) is 0 Å². The second-order valence-corrected chi connectivity index (χ2v) is 5.73. The molecule has 0 radical (unpaired) electrons. The number of fused-ring (bicyclic) bond motifs is 1. The lowest BCUT2D eigenvalue weighted by Crippen LogP contribution is -2.33. The van der Waals surface area contributed by atoms with Crippen LogP contribution in [0.4, 0.5) is 10.5 Å². The van der Waals surface area contributed by atoms with Gasteiger partial charge in [0.05, 0.1) is 0 Å². The van der Waals surface area contributed by atoms with Crippen molar-refractivity contribution in [2.75, 3.05) is 31.5 Å². The van der Waals surface area contributed by atoms with Crippen molar-refractivity contribution >= 4 is 23.5 Å². The van der Waals surface area contributed by atoms with Gasteiger partial charge in [-0.25, -0.2) is 4.79 Å². The standard InChI is InChI=1S/C13H16N2O3S/c1-19-10-4-5-15(7-10)13(16)14-9-2-3-11-12(6-9)18-8-17-11/h2-3,6,10H,4-5,7-8H2,1H3,(H,14,16). The van der Waals surface area contributed by atoms with E-state index in [4.69, 9.17) is 9.47 Å². The molecular formula is C13H16N2O3S. The van der Waals surface area contributed by atoms with Crippen molar-refractivity contribution in [1.82, 2.24) is 4.90 Å². The number of urea groups is 1. The molecule has 2 heterocycles. The quantitative estimate of drug-likeness (QED) is 0.903. The number of thioether (sulfide) groups is 1. The van der Waals surface area contributed by atoms with Crippen molar-refractivity contribution in [1.29, 1.82) is 0 Å². The van der Waals surface area contributed by atoms with Crippen LogP contribution in [0.2, 0.25) is 0 Å². The lowest BCUT2D eigenvalue weighted by Gasteiger charge is -2.17. The summed E-state index contributed by atoms with van der Waals surface area (Å²) in [5.74, 6) is 1.41. The average molecular weight is 280 g/mol. The van der Waals surface area contributed by atoms with E-state index in [2.05, 4.69) is 11.6 Å². The van der Waals surface area contributed by atoms with E-state index in [1.54, 1.807) is 6.07 Å². The molecule has 0 bridgehead atoms. The van der Waals surface area contributed by atoms with Gasteiger partial charge in [0.15, 0.2) is 11.5 Å². The normalized spacial score (nSPS) is 20.7. The second kappa shape index (κ2) is 5.21. The highest BCUT2D eigenvalue weighted by molar-refractivity contribution is 7.99. The van der Waals surface area contributed by atoms with E-state index in [-0.39, 0.29) is 12.8 Å². The van der Waals surface area contributed by atoms with Crippen LogP contribution in [0.5, 0.6) is 11.5 Å². The molecule has 1 fully saturated rings. The van der Waals surface area contributed by atoms with Gasteiger partial charge in [-0.05, 0) is 24.8 Å². The Labute approximate surface area is 116 Å². The summed E-state index contributed by atoms with van der Waals surface area (Å²) < 4.78 is 10.5. The van der Waals surface area contributed by atoms with Crippen LogP contribution in [0.1, 0.15) is 6.42 Å². The summed E-state index contributed by atoms with van der Waals surface area (Å²) in [5, 5.41) is 3.46. The third-order valence-electron chi connectivity index (χ3n) is 3.39. The predicted octanol–water partition coefficient (Wildman–Crippen LogP) is 2.38. The van der Waals surface area contributed by atoms with Crippen LogP contribution in [-0.2, 0) is 0 Å². The summed E-state index contributed by atoms with van der Waals surface area (Å²) >= 11 is 1.82. The first kappa shape index (κ1) is 12.5. The van der Waals surface area contributed by atoms with Crippen molar-refractivity contribution in [3.8, 4) is 11.5 Å². The molecule has 1 unspecified atom stereocenters. The molecule has 6 heteroatoms. The van der Waals surface area contributed by atoms with Crippen LogP contribution < -0.4 is 14.8 Å². The number of nitrogens with one attached hydrogen (secondary N) is 1. The fraction of sp³-hybridized carbons (Fsp3) is 0.462. The molecule has 19 heavy (non-hydrogen) atoms. The Bertz CT molecular complexity index is 495. The Morgan fingerprint density at radius 2 is 2.26 bits per heavy atom. The molecule has 1 saturated heterocycles. The molecule has 0 saturated carbocycles. The molecule has 5 nitrogen and oxygen atoms in total. The van der Waals surface area contributed by atoms with Gasteiger partial charge in [0.2, 0.25) is 6.79 Å². The smallest absolute Gasteiger partial charge is 0.321 e. The molecule has 0 aromatic heterocycles. The number of nitrogens with zero attached hydrogens (tertiary/aromatic N) is 1. The molecule has 1 N–H and O–H groups in total. The zero-order valence-corrected chi connectivity index (χ0v) is 11.5. The number of amides is 2. The number of benzene rings is 1. The molecule has 1 atom stereocenters. The van der Waals surface area contributed by atoms with E-state index in [1.165, 1.54) is 0 Å². The summed E-state index contributed by atoms with van der Waals surface area (Å²) in [6.45, 7) is 1.88. The molecule has 2 amide bonds. The van der Waals surface area contributed by atoms with Gasteiger partial charge in [0.25, 0.3) is 0 Å². The number of carbonyl (C=O) groups excluding carboxylic acids is 1. The van der Waals surface area contributed by atoms with E-state index in [9.17, 15) is 4.79 Å². The Hall–Kier alpha value is -1.56. The van der Waals surface area contributed by atoms with E-state index in [0.717, 1.165) is 30.9 Å². The summed E-state index contributed by atoms with van der Waals surface area (Å²) in [6, 6.07) is 5.39. The largest absolute Gasteiger partial charge is 0.454 e. The monoisotopic (exact) mass is 280 g/mol. The highest BCUT2D eigenvalue weighted by Gasteiger charge is 2.25. The molecule has 2 aliphatic heterocycles. The maximum Gasteiger partial charge on any atom is 0.321 e. The van der Waals surface area contributed by atoms with Gasteiger partial charge in [-0.1, -0.05) is 0 Å². The Morgan fingerprint density at radius 3 is 3.05 bits per heavy atom. The van der Waals surface area contributed by atoms with Crippen LogP contribution in [0, 0.1) is 0 Å². The topological polar surface area (TPSA) is 50.8 Å². The molecule has 0 aliphatic carbocycles. The van der Waals surface area contributed by atoms with Crippen LogP contribution in [-0.4, -0.2) is 42.3 Å². The molecule has 3 rings (SSSR count). The van der Waals surface area contributed by atoms with E-state index in [0.29, 0.717) is 11.0 Å². The van der Waals surface area contributed by atoms with Crippen LogP contribution in [0.25, 0.3) is 0 Å². The zero-order chi connectivity index (χ0) is 13.2. The Kier molecular flexibility index (Phi) is 3.42. The first-order chi connectivity index (χ1) is 9.26. The van der Waals surface area contributed by atoms with Gasteiger partial charge in [-0.3, -0.25) is 0 Å². The third kappa shape index (κ3) is 2.58. The van der Waals surface area contributed by atoms with Gasteiger partial charge in [0.1, 0.15) is 0 Å². The summed E-state index contributed by atoms with van der Waals surface area (Å²) in [5.41, 5.74) is 0.738. The van der Waals surface area contributed by atoms with Crippen molar-refractivity contribution in [2.45, 2.75) is 11.7 Å². The fourth-order valence-electron chi connectivity index (χ4n) is 2.28. The third-order valence-corrected chi connectivity index (χ3v) is 4.44. The van der Waals surface area contributed by atoms with Crippen LogP contribution in [0.15, 0.2) is 18.2 Å². The number of likely N-dealkylation sites (tertiary alicyclic amines) is 1. The molecule has 1 aromatic rings. The highest BCUT2D eigenvalue weighted by atomic mass is 32.2. The minimum atomic E-state index is -0.0459. The van der Waals surface area contributed by atoms with Gasteiger partial charge in [0, 0.05) is 30.1 Å². The van der Waals surface area contributed by atoms with E-state index in [1.807, 2.05) is 28.8 Å². The van der Waals surface area contributed by atoms with E-state index >= 15 is 0 Å². The number of hydrogen-bond acceptors (Lipinski definition) is 4. The van der Waals surface area contributed by atoms with Crippen molar-refractivity contribution < 1.29 is 14.3 Å². The molecule has 102 valence electrons. The minimum Gasteiger partial charge on any atom is -0.454 e. The first-order valence-corrected chi connectivity index (χ1v) is 7.53. The molecular weight excluding hydrogens is 264 g/mol. The maximum absolute atomic E-state index is 12.1. The lowest BCUT2D eigenvalue weighted by molar-refractivity contribution is 0.174. The average Bonchev–Trinajstić information content (AvgIpc) is 3.06. The predicted molar refractivity (Wildman–Crippen MR) is 75.1 cm³/mol. The highest BCUT2D eigenvalue weighted by Crippen LogP contribution is 2.34. The summed E-state index contributed by atoms with van der Waals surface area (Å²) in [4.78, 5) is 14.0. The maximum atomic E-state index is 12.1. The Balaban J connectivity index is 1.63. The Morgan fingerprint density at radius 1 is 1.42 bits per heavy atom. The molecule has 1 aromatic carbocycles. The first-order valence-electron chi connectivity index (χ1n) is 6.24. The second-order valence-electron chi connectivity index (χ2n) is 4.59. The van der Waals surface area contributed by atoms with Gasteiger partial charge in [-0.2, -0.15) is 11.8 Å². The number of ether oxygens (including phenoxy) is 2. The SMILES string of the molecule is CSC1CCN(C(=O)Nc2ccc3c(c2)OCO3)C1. The summed E-state index contributed by atoms with van der Waals surface area (Å²) in [6.07, 6.45) is 3.15. The molecule has 2 aliphatic rings. The van der Waals surface area contributed by atoms with Gasteiger partial charge >= 0.3 is 6.03 Å². The number of carbonyl (C=O) groups is 1. The minimum absolute atomic E-state index is 0.0459. The number of rotatable bonds is 2. The summed E-state index contributed by atoms with van der Waals surface area (Å²) in [7, 11) is 0. The zero-order valence-electron chi connectivity index (χ0n) is 10.7. The van der Waals surface area contributed by atoms with Crippen molar-refractivity contribution in [2.24, 2.45) is 0 Å². The van der Waals surface area contributed by atoms with Gasteiger partial charge < -0.3 is 19.7 Å². The lowest BCUT2D eigenvalue weighted by atomic mass is 10.3. The fourth-order valence-corrected chi connectivity index (χ4v) is 2.95.